The van der Waals surface area contributed by atoms with Crippen molar-refractivity contribution in [3.63, 3.8) is 0 Å². The minimum absolute atomic E-state index is 0.00299. The van der Waals surface area contributed by atoms with Gasteiger partial charge in [-0.2, -0.15) is 4.98 Å². The van der Waals surface area contributed by atoms with Crippen molar-refractivity contribution in [1.29, 1.82) is 0 Å². The molecule has 0 amide bonds. The minimum atomic E-state index is -0.557. The van der Waals surface area contributed by atoms with Crippen LogP contribution in [0, 0.1) is 10.1 Å². The molecule has 0 N–H and O–H groups in total. The molecule has 26 heavy (non-hydrogen) atoms. The van der Waals surface area contributed by atoms with Crippen LogP contribution in [-0.4, -0.2) is 30.7 Å². The normalized spacial score (nSPS) is 11.1. The first kappa shape index (κ1) is 17.7. The van der Waals surface area contributed by atoms with E-state index in [-0.39, 0.29) is 34.4 Å². The van der Waals surface area contributed by atoms with Crippen molar-refractivity contribution < 1.29 is 9.66 Å². The second-order valence-corrected chi connectivity index (χ2v) is 5.95. The second kappa shape index (κ2) is 6.30. The van der Waals surface area contributed by atoms with Gasteiger partial charge < -0.3 is 9.30 Å². The number of nitro benzene ring substituents is 1. The van der Waals surface area contributed by atoms with E-state index in [9.17, 15) is 19.7 Å². The van der Waals surface area contributed by atoms with Crippen LogP contribution in [0.4, 0.5) is 5.69 Å². The molecule has 3 rings (SSSR count). The summed E-state index contributed by atoms with van der Waals surface area (Å²) in [4.78, 5) is 39.2. The summed E-state index contributed by atoms with van der Waals surface area (Å²) in [5, 5.41) is 11.2. The maximum Gasteiger partial charge on any atom is 0.332 e. The van der Waals surface area contributed by atoms with Crippen molar-refractivity contribution in [1.82, 2.24) is 18.7 Å². The predicted molar refractivity (Wildman–Crippen MR) is 94.0 cm³/mol. The fraction of sp³-hybridized carbons (Fsp3) is 0.267. The maximum atomic E-state index is 12.5. The number of nitro groups is 1. The van der Waals surface area contributed by atoms with E-state index in [0.717, 1.165) is 4.57 Å². The van der Waals surface area contributed by atoms with Gasteiger partial charge in [-0.05, 0) is 23.2 Å². The zero-order valence-electron chi connectivity index (χ0n) is 14.1. The van der Waals surface area contributed by atoms with Gasteiger partial charge in [-0.3, -0.25) is 24.0 Å². The van der Waals surface area contributed by atoms with Gasteiger partial charge in [0.25, 0.3) is 5.56 Å². The molecule has 11 heteroatoms. The van der Waals surface area contributed by atoms with Gasteiger partial charge in [0.1, 0.15) is 0 Å². The van der Waals surface area contributed by atoms with E-state index in [1.54, 1.807) is 6.07 Å². The molecule has 1 aromatic carbocycles. The van der Waals surface area contributed by atoms with E-state index in [0.29, 0.717) is 5.56 Å². The Labute approximate surface area is 151 Å². The Morgan fingerprint density at radius 2 is 1.96 bits per heavy atom. The molecule has 0 radical (unpaired) electrons. The molecule has 2 heterocycles. The topological polar surface area (TPSA) is 114 Å². The van der Waals surface area contributed by atoms with Crippen LogP contribution in [0.2, 0.25) is 5.28 Å². The highest BCUT2D eigenvalue weighted by Crippen LogP contribution is 2.28. The van der Waals surface area contributed by atoms with Crippen molar-refractivity contribution in [2.45, 2.75) is 6.54 Å². The summed E-state index contributed by atoms with van der Waals surface area (Å²) in [6, 6.07) is 4.43. The predicted octanol–water partition coefficient (Wildman–Crippen LogP) is 1.05. The number of aryl methyl sites for hydroxylation is 1. The van der Waals surface area contributed by atoms with Gasteiger partial charge >= 0.3 is 11.4 Å². The number of imidazole rings is 1. The fourth-order valence-corrected chi connectivity index (χ4v) is 2.95. The van der Waals surface area contributed by atoms with Crippen molar-refractivity contribution in [3.05, 3.63) is 60.0 Å². The number of fused-ring (bicyclic) bond motifs is 1. The molecule has 0 aliphatic rings. The number of ether oxygens (including phenoxy) is 1. The first-order valence-electron chi connectivity index (χ1n) is 7.39. The van der Waals surface area contributed by atoms with E-state index in [2.05, 4.69) is 4.98 Å². The number of methoxy groups -OCH3 is 1. The average molecular weight is 380 g/mol. The fourth-order valence-electron chi connectivity index (χ4n) is 2.72. The van der Waals surface area contributed by atoms with Crippen molar-refractivity contribution in [2.75, 3.05) is 7.11 Å². The molecule has 10 nitrogen and oxygen atoms in total. The second-order valence-electron chi connectivity index (χ2n) is 5.61. The molecule has 0 spiro atoms. The summed E-state index contributed by atoms with van der Waals surface area (Å²) in [7, 11) is 4.18. The number of hydrogen-bond acceptors (Lipinski definition) is 6. The molecule has 0 unspecified atom stereocenters. The monoisotopic (exact) mass is 379 g/mol. The van der Waals surface area contributed by atoms with Crippen LogP contribution in [0.5, 0.6) is 5.75 Å². The summed E-state index contributed by atoms with van der Waals surface area (Å²) < 4.78 is 8.55. The molecule has 0 aliphatic heterocycles. The summed E-state index contributed by atoms with van der Waals surface area (Å²) in [5.41, 5.74) is -0.473. The Hall–Kier alpha value is -3.14. The summed E-state index contributed by atoms with van der Waals surface area (Å²) in [6.45, 7) is 0.0631. The van der Waals surface area contributed by atoms with E-state index in [1.807, 2.05) is 0 Å². The highest BCUT2D eigenvalue weighted by molar-refractivity contribution is 6.29. The Bertz CT molecular complexity index is 1160. The number of hydrogen-bond donors (Lipinski definition) is 0. The highest BCUT2D eigenvalue weighted by atomic mass is 35.5. The van der Waals surface area contributed by atoms with Gasteiger partial charge in [0, 0.05) is 20.2 Å². The van der Waals surface area contributed by atoms with Crippen molar-refractivity contribution in [3.8, 4) is 5.75 Å². The molecule has 0 aliphatic carbocycles. The van der Waals surface area contributed by atoms with E-state index in [1.165, 1.54) is 42.5 Å². The van der Waals surface area contributed by atoms with Crippen LogP contribution in [-0.2, 0) is 20.6 Å². The Balaban J connectivity index is 2.21. The largest absolute Gasteiger partial charge is 0.490 e. The molecule has 3 aromatic rings. The molecule has 0 atom stereocenters. The zero-order valence-corrected chi connectivity index (χ0v) is 14.9. The van der Waals surface area contributed by atoms with Crippen LogP contribution in [0.25, 0.3) is 11.2 Å². The standard InChI is InChI=1S/C15H14ClN5O5/c1-18-12-11(13(22)19(2)15(18)23)20(14(16)17-12)7-8-4-5-10(26-3)9(6-8)21(24)25/h4-6H,7H2,1-3H3. The Morgan fingerprint density at radius 3 is 2.58 bits per heavy atom. The lowest BCUT2D eigenvalue weighted by atomic mass is 10.2. The molecule has 0 bridgehead atoms. The molecular weight excluding hydrogens is 366 g/mol. The molecule has 0 saturated carbocycles. The van der Waals surface area contributed by atoms with E-state index in [4.69, 9.17) is 16.3 Å². The smallest absolute Gasteiger partial charge is 0.332 e. The summed E-state index contributed by atoms with van der Waals surface area (Å²) in [6.07, 6.45) is 0. The number of benzene rings is 1. The van der Waals surface area contributed by atoms with Gasteiger partial charge in [-0.1, -0.05) is 6.07 Å². The SMILES string of the molecule is COc1ccc(Cn2c(Cl)nc3c2c(=O)n(C)c(=O)n3C)cc1[N+](=O)[O-]. The van der Waals surface area contributed by atoms with Crippen LogP contribution in [0.15, 0.2) is 27.8 Å². The van der Waals surface area contributed by atoms with Crippen LogP contribution >= 0.6 is 11.6 Å². The summed E-state index contributed by atoms with van der Waals surface area (Å²) in [5.74, 6) is 0.124. The quantitative estimate of drug-likeness (QED) is 0.380. The van der Waals surface area contributed by atoms with Crippen LogP contribution < -0.4 is 16.0 Å². The van der Waals surface area contributed by atoms with Gasteiger partial charge in [0.05, 0.1) is 18.6 Å². The van der Waals surface area contributed by atoms with Crippen LogP contribution in [0.1, 0.15) is 5.56 Å². The molecular formula is C15H14ClN5O5. The van der Waals surface area contributed by atoms with Gasteiger partial charge in [0.2, 0.25) is 5.28 Å². The van der Waals surface area contributed by atoms with E-state index >= 15 is 0 Å². The molecule has 2 aromatic heterocycles. The third-order valence-electron chi connectivity index (χ3n) is 4.08. The number of rotatable bonds is 4. The lowest BCUT2D eigenvalue weighted by Gasteiger charge is -2.09. The minimum Gasteiger partial charge on any atom is -0.490 e. The Morgan fingerprint density at radius 1 is 1.27 bits per heavy atom. The molecule has 0 saturated heterocycles. The van der Waals surface area contributed by atoms with Crippen molar-refractivity contribution in [2.24, 2.45) is 14.1 Å². The third-order valence-corrected chi connectivity index (χ3v) is 4.37. The third kappa shape index (κ3) is 2.64. The van der Waals surface area contributed by atoms with E-state index < -0.39 is 16.2 Å². The van der Waals surface area contributed by atoms with Gasteiger partial charge in [-0.15, -0.1) is 0 Å². The highest BCUT2D eigenvalue weighted by Gasteiger charge is 2.20. The lowest BCUT2D eigenvalue weighted by molar-refractivity contribution is -0.385. The van der Waals surface area contributed by atoms with Gasteiger partial charge in [-0.25, -0.2) is 4.79 Å². The molecule has 136 valence electrons. The zero-order chi connectivity index (χ0) is 19.2. The Kier molecular flexibility index (Phi) is 4.28. The number of aromatic nitrogens is 4. The average Bonchev–Trinajstić information content (AvgIpc) is 2.94. The first-order valence-corrected chi connectivity index (χ1v) is 7.77. The lowest BCUT2D eigenvalue weighted by Crippen LogP contribution is -2.37. The van der Waals surface area contributed by atoms with Gasteiger partial charge in [0.15, 0.2) is 16.9 Å². The maximum absolute atomic E-state index is 12.5. The number of nitrogens with zero attached hydrogens (tertiary/aromatic N) is 5. The first-order chi connectivity index (χ1) is 12.3. The summed E-state index contributed by atoms with van der Waals surface area (Å²) >= 11 is 6.16. The van der Waals surface area contributed by atoms with Crippen molar-refractivity contribution >= 4 is 28.5 Å². The number of halogens is 1. The van der Waals surface area contributed by atoms with Crippen LogP contribution in [0.3, 0.4) is 0 Å². The molecule has 0 fully saturated rings.